The topological polar surface area (TPSA) is 37.6 Å². The Labute approximate surface area is 155 Å². The number of benzene rings is 1. The quantitative estimate of drug-likeness (QED) is 0.810. The zero-order valence-corrected chi connectivity index (χ0v) is 15.6. The molecule has 1 aromatic carbocycles. The number of piperidine rings is 1. The van der Waals surface area contributed by atoms with E-state index in [0.717, 1.165) is 50.7 Å². The zero-order valence-electron chi connectivity index (χ0n) is 15.6. The van der Waals surface area contributed by atoms with E-state index in [0.29, 0.717) is 6.61 Å². The highest BCUT2D eigenvalue weighted by molar-refractivity contribution is 5.85. The average molecular weight is 352 g/mol. The summed E-state index contributed by atoms with van der Waals surface area (Å²) in [5.41, 5.74) is 2.67. The van der Waals surface area contributed by atoms with Crippen LogP contribution >= 0.6 is 0 Å². The first-order chi connectivity index (χ1) is 12.7. The molecule has 0 atom stereocenters. The van der Waals surface area contributed by atoms with Gasteiger partial charge in [0.05, 0.1) is 6.10 Å². The average Bonchev–Trinajstić information content (AvgIpc) is 3.40. The molecular formula is C22H28N2O2. The molecule has 0 unspecified atom stereocenters. The van der Waals surface area contributed by atoms with E-state index in [4.69, 9.17) is 4.74 Å². The van der Waals surface area contributed by atoms with Crippen LogP contribution < -0.4 is 4.74 Å². The van der Waals surface area contributed by atoms with Crippen LogP contribution in [-0.4, -0.2) is 40.4 Å². The fraction of sp³-hybridized carbons (Fsp3) is 0.545. The van der Waals surface area contributed by atoms with Gasteiger partial charge in [0.2, 0.25) is 0 Å². The summed E-state index contributed by atoms with van der Waals surface area (Å²) in [6.07, 6.45) is 6.69. The molecule has 2 fully saturated rings. The van der Waals surface area contributed by atoms with Crippen LogP contribution in [0.15, 0.2) is 24.4 Å². The van der Waals surface area contributed by atoms with Gasteiger partial charge in [-0.25, -0.2) is 0 Å². The van der Waals surface area contributed by atoms with Crippen molar-refractivity contribution in [1.29, 1.82) is 0 Å². The maximum atomic E-state index is 9.76. The van der Waals surface area contributed by atoms with Gasteiger partial charge in [0.15, 0.2) is 0 Å². The molecule has 1 saturated heterocycles. The number of aliphatic hydroxyl groups is 1. The first-order valence-corrected chi connectivity index (χ1v) is 9.77. The van der Waals surface area contributed by atoms with E-state index < -0.39 is 0 Å². The number of hydrogen-bond donors (Lipinski definition) is 1. The number of aromatic nitrogens is 1. The first kappa shape index (κ1) is 17.5. The molecule has 4 rings (SSSR count). The van der Waals surface area contributed by atoms with E-state index in [9.17, 15) is 5.11 Å². The minimum absolute atomic E-state index is 0.123. The second-order valence-corrected chi connectivity index (χ2v) is 7.65. The lowest BCUT2D eigenvalue weighted by molar-refractivity contribution is 0.0794. The molecule has 4 nitrogen and oxygen atoms in total. The van der Waals surface area contributed by atoms with Gasteiger partial charge in [-0.15, -0.1) is 5.92 Å². The second kappa shape index (κ2) is 7.73. The third-order valence-electron chi connectivity index (χ3n) is 5.53. The minimum Gasteiger partial charge on any atom is -0.481 e. The van der Waals surface area contributed by atoms with Crippen LogP contribution in [0.4, 0.5) is 0 Å². The Morgan fingerprint density at radius 1 is 1.19 bits per heavy atom. The molecule has 1 aromatic heterocycles. The fourth-order valence-electron chi connectivity index (χ4n) is 3.81. The van der Waals surface area contributed by atoms with Crippen molar-refractivity contribution in [3.05, 3.63) is 30.0 Å². The molecule has 0 radical (unpaired) electrons. The Kier molecular flexibility index (Phi) is 5.19. The van der Waals surface area contributed by atoms with Crippen molar-refractivity contribution < 1.29 is 9.84 Å². The van der Waals surface area contributed by atoms with Gasteiger partial charge >= 0.3 is 0 Å². The first-order valence-electron chi connectivity index (χ1n) is 9.77. The summed E-state index contributed by atoms with van der Waals surface area (Å²) in [6.45, 7) is 6.27. The molecule has 0 bridgehead atoms. The fourth-order valence-corrected chi connectivity index (χ4v) is 3.81. The molecule has 0 spiro atoms. The van der Waals surface area contributed by atoms with Gasteiger partial charge in [-0.05, 0) is 62.3 Å². The molecule has 4 heteroatoms. The molecular weight excluding hydrogens is 324 g/mol. The van der Waals surface area contributed by atoms with Gasteiger partial charge in [0.25, 0.3) is 0 Å². The SMILES string of the molecule is CC#CCOc1ccc2c(c1)c(CN1CCC(O)CC1)cn2CC1CC1. The zero-order chi connectivity index (χ0) is 17.9. The molecule has 1 aliphatic carbocycles. The van der Waals surface area contributed by atoms with Gasteiger partial charge in [-0.3, -0.25) is 4.90 Å². The number of aliphatic hydroxyl groups excluding tert-OH is 1. The highest BCUT2D eigenvalue weighted by Crippen LogP contribution is 2.34. The second-order valence-electron chi connectivity index (χ2n) is 7.65. The van der Waals surface area contributed by atoms with Crippen molar-refractivity contribution in [3.63, 3.8) is 0 Å². The summed E-state index contributed by atoms with van der Waals surface area (Å²) in [6, 6.07) is 6.42. The Bertz CT molecular complexity index is 818. The summed E-state index contributed by atoms with van der Waals surface area (Å²) >= 11 is 0. The lowest BCUT2D eigenvalue weighted by Gasteiger charge is -2.29. The van der Waals surface area contributed by atoms with Crippen LogP contribution in [0.25, 0.3) is 10.9 Å². The monoisotopic (exact) mass is 352 g/mol. The van der Waals surface area contributed by atoms with Crippen molar-refractivity contribution in [2.45, 2.75) is 51.8 Å². The summed E-state index contributed by atoms with van der Waals surface area (Å²) < 4.78 is 8.21. The van der Waals surface area contributed by atoms with Gasteiger partial charge in [0, 0.05) is 43.3 Å². The molecule has 138 valence electrons. The van der Waals surface area contributed by atoms with E-state index in [1.807, 2.05) is 6.92 Å². The lowest BCUT2D eigenvalue weighted by atomic mass is 10.1. The Morgan fingerprint density at radius 2 is 2.00 bits per heavy atom. The van der Waals surface area contributed by atoms with Crippen LogP contribution in [0, 0.1) is 17.8 Å². The van der Waals surface area contributed by atoms with E-state index in [1.165, 1.54) is 29.3 Å². The van der Waals surface area contributed by atoms with Crippen LogP contribution in [-0.2, 0) is 13.1 Å². The van der Waals surface area contributed by atoms with E-state index >= 15 is 0 Å². The number of likely N-dealkylation sites (tertiary alicyclic amines) is 1. The molecule has 1 aliphatic heterocycles. The van der Waals surface area contributed by atoms with Crippen molar-refractivity contribution in [1.82, 2.24) is 9.47 Å². The van der Waals surface area contributed by atoms with E-state index in [2.05, 4.69) is 45.7 Å². The Morgan fingerprint density at radius 3 is 2.73 bits per heavy atom. The molecule has 2 heterocycles. The molecule has 2 aliphatic rings. The highest BCUT2D eigenvalue weighted by atomic mass is 16.5. The minimum atomic E-state index is -0.123. The summed E-state index contributed by atoms with van der Waals surface area (Å²) in [7, 11) is 0. The lowest BCUT2D eigenvalue weighted by Crippen LogP contribution is -2.35. The Hall–Kier alpha value is -1.96. The van der Waals surface area contributed by atoms with Crippen molar-refractivity contribution in [2.75, 3.05) is 19.7 Å². The van der Waals surface area contributed by atoms with Crippen LogP contribution in [0.2, 0.25) is 0 Å². The van der Waals surface area contributed by atoms with Crippen molar-refractivity contribution in [2.24, 2.45) is 5.92 Å². The number of rotatable bonds is 6. The third kappa shape index (κ3) is 4.06. The molecule has 1 N–H and O–H groups in total. The van der Waals surface area contributed by atoms with E-state index in [1.54, 1.807) is 0 Å². The van der Waals surface area contributed by atoms with Gasteiger partial charge in [-0.1, -0.05) is 5.92 Å². The van der Waals surface area contributed by atoms with Crippen LogP contribution in [0.1, 0.15) is 38.2 Å². The number of fused-ring (bicyclic) bond motifs is 1. The van der Waals surface area contributed by atoms with Crippen molar-refractivity contribution in [3.8, 4) is 17.6 Å². The van der Waals surface area contributed by atoms with E-state index in [-0.39, 0.29) is 6.10 Å². The molecule has 2 aromatic rings. The summed E-state index contributed by atoms with van der Waals surface area (Å²) in [4.78, 5) is 2.46. The number of hydrogen-bond acceptors (Lipinski definition) is 3. The summed E-state index contributed by atoms with van der Waals surface area (Å²) in [5.74, 6) is 7.57. The predicted molar refractivity (Wildman–Crippen MR) is 104 cm³/mol. The number of nitrogens with zero attached hydrogens (tertiary/aromatic N) is 2. The standard InChI is InChI=1S/C22H28N2O2/c1-2-3-12-26-20-6-7-22-21(13-20)18(16-24(22)14-17-4-5-17)15-23-10-8-19(25)9-11-23/h6-7,13,16-17,19,25H,4-5,8-12,14-15H2,1H3. The maximum absolute atomic E-state index is 9.76. The third-order valence-corrected chi connectivity index (χ3v) is 5.53. The van der Waals surface area contributed by atoms with Gasteiger partial charge < -0.3 is 14.4 Å². The van der Waals surface area contributed by atoms with Crippen LogP contribution in [0.5, 0.6) is 5.75 Å². The largest absolute Gasteiger partial charge is 0.481 e. The van der Waals surface area contributed by atoms with Crippen LogP contribution in [0.3, 0.4) is 0 Å². The molecule has 26 heavy (non-hydrogen) atoms. The van der Waals surface area contributed by atoms with Gasteiger partial charge in [0.1, 0.15) is 12.4 Å². The van der Waals surface area contributed by atoms with Gasteiger partial charge in [-0.2, -0.15) is 0 Å². The Balaban J connectivity index is 1.59. The molecule has 0 amide bonds. The smallest absolute Gasteiger partial charge is 0.149 e. The highest BCUT2D eigenvalue weighted by Gasteiger charge is 2.24. The predicted octanol–water partition coefficient (Wildman–Crippen LogP) is 3.41. The van der Waals surface area contributed by atoms with Crippen molar-refractivity contribution >= 4 is 10.9 Å². The number of ether oxygens (including phenoxy) is 1. The normalized spacial score (nSPS) is 18.7. The summed E-state index contributed by atoms with van der Waals surface area (Å²) in [5, 5.41) is 11.0. The maximum Gasteiger partial charge on any atom is 0.149 e. The molecule has 1 saturated carbocycles.